The monoisotopic (exact) mass is 418 g/mol. The van der Waals surface area contributed by atoms with Crippen LogP contribution in [0.15, 0.2) is 36.5 Å². The third-order valence-electron chi connectivity index (χ3n) is 6.60. The highest BCUT2D eigenvalue weighted by Gasteiger charge is 2.36. The van der Waals surface area contributed by atoms with E-state index in [1.54, 1.807) is 0 Å². The second-order valence-electron chi connectivity index (χ2n) is 9.79. The van der Waals surface area contributed by atoms with Crippen molar-refractivity contribution in [1.29, 1.82) is 0 Å². The summed E-state index contributed by atoms with van der Waals surface area (Å²) >= 11 is 0. The molecule has 164 valence electrons. The largest absolute Gasteiger partial charge is 0.354 e. The van der Waals surface area contributed by atoms with Crippen molar-refractivity contribution in [3.05, 3.63) is 53.3 Å². The number of pyridine rings is 1. The number of benzene rings is 1. The van der Waals surface area contributed by atoms with Crippen LogP contribution < -0.4 is 5.73 Å². The van der Waals surface area contributed by atoms with Crippen LogP contribution in [0.25, 0.3) is 22.2 Å². The van der Waals surface area contributed by atoms with E-state index < -0.39 is 5.41 Å². The van der Waals surface area contributed by atoms with Gasteiger partial charge in [0.1, 0.15) is 0 Å². The molecule has 5 nitrogen and oxygen atoms in total. The third-order valence-corrected chi connectivity index (χ3v) is 6.60. The Bertz CT molecular complexity index is 1110. The molecule has 0 radical (unpaired) electrons. The third kappa shape index (κ3) is 3.99. The molecule has 31 heavy (non-hydrogen) atoms. The van der Waals surface area contributed by atoms with Gasteiger partial charge >= 0.3 is 0 Å². The number of fused-ring (bicyclic) bond motifs is 1. The molecular weight excluding hydrogens is 384 g/mol. The summed E-state index contributed by atoms with van der Waals surface area (Å²) in [5.74, 6) is 0.500. The maximum absolute atomic E-state index is 13.4. The maximum atomic E-state index is 13.4. The first-order valence-electron chi connectivity index (χ1n) is 11.3. The minimum absolute atomic E-state index is 0.0829. The first kappa shape index (κ1) is 21.6. The van der Waals surface area contributed by atoms with Gasteiger partial charge in [0.2, 0.25) is 5.91 Å². The van der Waals surface area contributed by atoms with E-state index in [1.165, 1.54) is 10.9 Å². The summed E-state index contributed by atoms with van der Waals surface area (Å²) < 4.78 is 0. The molecule has 5 heteroatoms. The van der Waals surface area contributed by atoms with Crippen LogP contribution in [0, 0.1) is 6.92 Å². The Hall–Kier alpha value is -2.66. The first-order valence-corrected chi connectivity index (χ1v) is 11.3. The number of rotatable bonds is 4. The standard InChI is InChI=1S/C26H34N4O/c1-16(2)23-21-14-19(26(4,5)25(31)30-12-6-7-20(27)15-30)8-9-22(21)29-24(23)18-10-11-28-17(3)13-18/h8-11,13-14,16,20,29H,6-7,12,15,27H2,1-5H3/t20-/m0/s1. The molecule has 1 fully saturated rings. The number of nitrogens with zero attached hydrogens (tertiary/aromatic N) is 2. The Kier molecular flexibility index (Phi) is 5.65. The molecule has 0 saturated carbocycles. The van der Waals surface area contributed by atoms with Crippen molar-refractivity contribution in [2.24, 2.45) is 5.73 Å². The summed E-state index contributed by atoms with van der Waals surface area (Å²) in [4.78, 5) is 23.4. The molecule has 0 spiro atoms. The quantitative estimate of drug-likeness (QED) is 0.633. The number of nitrogens with one attached hydrogen (secondary N) is 1. The van der Waals surface area contributed by atoms with Gasteiger partial charge in [-0.3, -0.25) is 9.78 Å². The zero-order valence-electron chi connectivity index (χ0n) is 19.3. The van der Waals surface area contributed by atoms with Crippen molar-refractivity contribution in [3.8, 4) is 11.3 Å². The predicted molar refractivity (Wildman–Crippen MR) is 127 cm³/mol. The van der Waals surface area contributed by atoms with E-state index in [0.717, 1.165) is 47.4 Å². The van der Waals surface area contributed by atoms with E-state index in [2.05, 4.69) is 54.1 Å². The maximum Gasteiger partial charge on any atom is 0.232 e. The normalized spacial score (nSPS) is 17.5. The van der Waals surface area contributed by atoms with Crippen LogP contribution in [0.4, 0.5) is 0 Å². The molecule has 0 aliphatic carbocycles. The molecule has 0 unspecified atom stereocenters. The first-order chi connectivity index (χ1) is 14.7. The van der Waals surface area contributed by atoms with Crippen molar-refractivity contribution < 1.29 is 4.79 Å². The summed E-state index contributed by atoms with van der Waals surface area (Å²) in [6.45, 7) is 12.0. The van der Waals surface area contributed by atoms with Gasteiger partial charge in [0, 0.05) is 47.5 Å². The molecule has 1 aliphatic rings. The van der Waals surface area contributed by atoms with Gasteiger partial charge in [-0.15, -0.1) is 0 Å². The topological polar surface area (TPSA) is 75.0 Å². The number of piperidine rings is 1. The van der Waals surface area contributed by atoms with E-state index in [4.69, 9.17) is 5.73 Å². The SMILES string of the molecule is Cc1cc(-c2[nH]c3ccc(C(C)(C)C(=O)N4CCC[C@H](N)C4)cc3c2C(C)C)ccn1. The van der Waals surface area contributed by atoms with Crippen molar-refractivity contribution >= 4 is 16.8 Å². The zero-order chi connectivity index (χ0) is 22.3. The fourth-order valence-electron chi connectivity index (χ4n) is 4.84. The van der Waals surface area contributed by atoms with Crippen molar-refractivity contribution in [2.45, 2.75) is 64.8 Å². The van der Waals surface area contributed by atoms with Crippen molar-refractivity contribution in [1.82, 2.24) is 14.9 Å². The smallest absolute Gasteiger partial charge is 0.232 e. The van der Waals surface area contributed by atoms with Crippen molar-refractivity contribution in [3.63, 3.8) is 0 Å². The summed E-state index contributed by atoms with van der Waals surface area (Å²) in [6, 6.07) is 10.7. The molecule has 1 amide bonds. The van der Waals surface area contributed by atoms with Gasteiger partial charge in [0.05, 0.1) is 11.1 Å². The lowest BCUT2D eigenvalue weighted by Crippen LogP contribution is -2.51. The highest BCUT2D eigenvalue weighted by atomic mass is 16.2. The molecule has 4 rings (SSSR count). The van der Waals surface area contributed by atoms with E-state index in [1.807, 2.05) is 31.9 Å². The minimum atomic E-state index is -0.607. The number of carbonyl (C=O) groups excluding carboxylic acids is 1. The van der Waals surface area contributed by atoms with Gasteiger partial charge in [-0.2, -0.15) is 0 Å². The number of amides is 1. The Labute approximate surface area is 185 Å². The summed E-state index contributed by atoms with van der Waals surface area (Å²) in [5, 5.41) is 1.19. The number of aromatic amines is 1. The fraction of sp³-hybridized carbons (Fsp3) is 0.462. The van der Waals surface area contributed by atoms with Crippen LogP contribution >= 0.6 is 0 Å². The van der Waals surface area contributed by atoms with Crippen LogP contribution in [0.3, 0.4) is 0 Å². The summed E-state index contributed by atoms with van der Waals surface area (Å²) in [6.07, 6.45) is 3.83. The summed E-state index contributed by atoms with van der Waals surface area (Å²) in [7, 11) is 0. The number of hydrogen-bond donors (Lipinski definition) is 2. The molecule has 3 aromatic rings. The number of H-pyrrole nitrogens is 1. The summed E-state index contributed by atoms with van der Waals surface area (Å²) in [5.41, 5.74) is 12.2. The van der Waals surface area contributed by atoms with E-state index in [9.17, 15) is 4.79 Å². The van der Waals surface area contributed by atoms with Crippen LogP contribution in [-0.2, 0) is 10.2 Å². The molecule has 0 bridgehead atoms. The lowest BCUT2D eigenvalue weighted by molar-refractivity contribution is -0.137. The van der Waals surface area contributed by atoms with Crippen LogP contribution in [0.5, 0.6) is 0 Å². The van der Waals surface area contributed by atoms with Crippen LogP contribution in [0.2, 0.25) is 0 Å². The van der Waals surface area contributed by atoms with Gasteiger partial charge in [0.15, 0.2) is 0 Å². The van der Waals surface area contributed by atoms with E-state index in [-0.39, 0.29) is 11.9 Å². The van der Waals surface area contributed by atoms with E-state index >= 15 is 0 Å². The number of nitrogens with two attached hydrogens (primary N) is 1. The Morgan fingerprint density at radius 2 is 2.03 bits per heavy atom. The Morgan fingerprint density at radius 1 is 1.26 bits per heavy atom. The number of aromatic nitrogens is 2. The number of aryl methyl sites for hydroxylation is 1. The molecule has 1 aromatic carbocycles. The molecule has 1 aliphatic heterocycles. The number of carbonyl (C=O) groups is 1. The van der Waals surface area contributed by atoms with Crippen LogP contribution in [0.1, 0.15) is 63.3 Å². The van der Waals surface area contributed by atoms with Gasteiger partial charge in [-0.25, -0.2) is 0 Å². The second-order valence-corrected chi connectivity index (χ2v) is 9.79. The predicted octanol–water partition coefficient (Wildman–Crippen LogP) is 4.89. The zero-order valence-corrected chi connectivity index (χ0v) is 19.3. The molecule has 3 heterocycles. The Morgan fingerprint density at radius 3 is 2.71 bits per heavy atom. The Balaban J connectivity index is 1.78. The van der Waals surface area contributed by atoms with Gasteiger partial charge in [-0.05, 0) is 74.9 Å². The fourth-order valence-corrected chi connectivity index (χ4v) is 4.84. The number of hydrogen-bond acceptors (Lipinski definition) is 3. The molecule has 1 saturated heterocycles. The lowest BCUT2D eigenvalue weighted by Gasteiger charge is -2.36. The average molecular weight is 419 g/mol. The number of likely N-dealkylation sites (tertiary alicyclic amines) is 1. The van der Waals surface area contributed by atoms with Crippen molar-refractivity contribution in [2.75, 3.05) is 13.1 Å². The molecule has 3 N–H and O–H groups in total. The molecule has 2 aromatic heterocycles. The highest BCUT2D eigenvalue weighted by molar-refractivity contribution is 5.94. The highest BCUT2D eigenvalue weighted by Crippen LogP contribution is 2.38. The van der Waals surface area contributed by atoms with E-state index in [0.29, 0.717) is 12.5 Å². The van der Waals surface area contributed by atoms with Gasteiger partial charge in [0.25, 0.3) is 0 Å². The second kappa shape index (κ2) is 8.12. The van der Waals surface area contributed by atoms with Gasteiger partial charge in [-0.1, -0.05) is 19.9 Å². The average Bonchev–Trinajstić information content (AvgIpc) is 3.12. The minimum Gasteiger partial charge on any atom is -0.354 e. The molecular formula is C26H34N4O. The van der Waals surface area contributed by atoms with Crippen LogP contribution in [-0.4, -0.2) is 39.9 Å². The van der Waals surface area contributed by atoms with Gasteiger partial charge < -0.3 is 15.6 Å². The lowest BCUT2D eigenvalue weighted by atomic mass is 9.81. The molecule has 1 atom stereocenters.